The molecular weight excluding hydrogens is 401 g/mol. The van der Waals surface area contributed by atoms with Crippen LogP contribution in [0.15, 0.2) is 0 Å². The molecule has 13 heteroatoms. The average Bonchev–Trinajstić information content (AvgIpc) is 2.50. The molecule has 2 unspecified atom stereocenters. The van der Waals surface area contributed by atoms with Crippen LogP contribution < -0.4 is 0 Å². The molecule has 0 fully saturated rings. The van der Waals surface area contributed by atoms with Crippen LogP contribution in [0.2, 0.25) is 38.3 Å². The van der Waals surface area contributed by atoms with E-state index in [1.807, 2.05) is 26.9 Å². The summed E-state index contributed by atoms with van der Waals surface area (Å²) in [6.07, 6.45) is 0. The largest absolute Gasteiger partial charge is 0.438 e. The molecule has 0 heterocycles. The van der Waals surface area contributed by atoms with Crippen molar-refractivity contribution < 1.29 is 31.5 Å². The van der Waals surface area contributed by atoms with Crippen molar-refractivity contribution in [3.8, 4) is 0 Å². The Kier molecular flexibility index (Phi) is 20.1. The van der Waals surface area contributed by atoms with Crippen molar-refractivity contribution in [2.45, 2.75) is 52.1 Å². The molecule has 0 saturated heterocycles. The maximum atomic E-state index is 11.9. The number of hydrogen-bond acceptors (Lipinski definition) is 7. The Morgan fingerprint density at radius 1 is 0.870 bits per heavy atom. The average molecular weight is 435 g/mol. The Balaban J connectivity index is -0.000000573. The highest BCUT2D eigenvalue weighted by atomic mass is 29.3. The SMILES string of the molecule is CC[Si](OC)(O[Si](CC)(OC)[Si](C)=O)[Si](C)=O.C[SiH2]O.C[SiH2]O. The van der Waals surface area contributed by atoms with E-state index >= 15 is 0 Å². The van der Waals surface area contributed by atoms with E-state index in [0.717, 1.165) is 0 Å². The second-order valence-electron chi connectivity index (χ2n) is 4.47. The molecule has 0 aliphatic heterocycles. The Morgan fingerprint density at radius 3 is 1.17 bits per heavy atom. The van der Waals surface area contributed by atoms with Gasteiger partial charge in [0.15, 0.2) is 19.5 Å². The summed E-state index contributed by atoms with van der Waals surface area (Å²) in [6.45, 7) is 10.8. The van der Waals surface area contributed by atoms with E-state index in [4.69, 9.17) is 22.6 Å². The van der Waals surface area contributed by atoms with Crippen LogP contribution in [-0.4, -0.2) is 75.9 Å². The van der Waals surface area contributed by atoms with Gasteiger partial charge in [0.25, 0.3) is 0 Å². The number of rotatable bonds is 8. The van der Waals surface area contributed by atoms with Gasteiger partial charge in [0.2, 0.25) is 0 Å². The highest BCUT2D eigenvalue weighted by Crippen LogP contribution is 2.23. The Labute approximate surface area is 150 Å². The summed E-state index contributed by atoms with van der Waals surface area (Å²) in [6, 6.07) is 1.18. The molecule has 0 aromatic heterocycles. The van der Waals surface area contributed by atoms with Gasteiger partial charge in [-0.2, -0.15) is 0 Å². The monoisotopic (exact) mass is 434 g/mol. The standard InChI is InChI=1S/C8H22O5Si4.2CH6OSi/c1-7-16(11-3,14(5)9)13-17(8-2,12-4)15(6)10;2*1-3-2/h7-8H2,1-6H3;2*2H,3H2,1H3. The Morgan fingerprint density at radius 2 is 1.09 bits per heavy atom. The Hall–Kier alpha value is 0.701. The molecule has 0 bridgehead atoms. The lowest BCUT2D eigenvalue weighted by Gasteiger charge is -2.34. The van der Waals surface area contributed by atoms with Crippen molar-refractivity contribution in [2.75, 3.05) is 14.2 Å². The van der Waals surface area contributed by atoms with Crippen molar-refractivity contribution in [3.63, 3.8) is 0 Å². The summed E-state index contributed by atoms with van der Waals surface area (Å²) < 4.78 is 40.8. The lowest BCUT2D eigenvalue weighted by atomic mass is 11.0. The van der Waals surface area contributed by atoms with E-state index in [1.165, 1.54) is 14.2 Å². The lowest BCUT2D eigenvalue weighted by Crippen LogP contribution is -2.62. The first-order valence-corrected chi connectivity index (χ1v) is 21.7. The quantitative estimate of drug-likeness (QED) is 0.506. The molecule has 2 N–H and O–H groups in total. The molecule has 0 aliphatic carbocycles. The zero-order valence-corrected chi connectivity index (χ0v) is 22.6. The Bertz CT molecular complexity index is 293. The van der Waals surface area contributed by atoms with Crippen molar-refractivity contribution in [2.24, 2.45) is 0 Å². The minimum Gasteiger partial charge on any atom is -0.438 e. The highest BCUT2D eigenvalue weighted by molar-refractivity contribution is 7.29. The zero-order chi connectivity index (χ0) is 19.1. The first-order valence-electron chi connectivity index (χ1n) is 7.71. The van der Waals surface area contributed by atoms with Crippen LogP contribution in [0.3, 0.4) is 0 Å². The van der Waals surface area contributed by atoms with Gasteiger partial charge in [-0.05, 0) is 25.2 Å². The molecule has 0 rings (SSSR count). The fourth-order valence-electron chi connectivity index (χ4n) is 1.71. The van der Waals surface area contributed by atoms with Gasteiger partial charge in [-0.3, -0.25) is 0 Å². The van der Waals surface area contributed by atoms with Crippen LogP contribution in [0, 0.1) is 0 Å². The topological polar surface area (TPSA) is 102 Å². The van der Waals surface area contributed by atoms with Gasteiger partial charge in [-0.15, -0.1) is 0 Å². The third-order valence-electron chi connectivity index (χ3n) is 2.99. The second kappa shape index (κ2) is 16.2. The van der Waals surface area contributed by atoms with E-state index in [9.17, 15) is 8.92 Å². The third-order valence-corrected chi connectivity index (χ3v) is 22.6. The first kappa shape index (κ1) is 28.5. The van der Waals surface area contributed by atoms with E-state index in [2.05, 4.69) is 0 Å². The van der Waals surface area contributed by atoms with Crippen LogP contribution in [0.25, 0.3) is 0 Å². The normalized spacial score (nSPS) is 16.1. The fraction of sp³-hybridized carbons (Fsp3) is 1.00. The summed E-state index contributed by atoms with van der Waals surface area (Å²) in [5, 5.41) is 0. The molecule has 0 spiro atoms. The molecule has 0 aliphatic rings. The summed E-state index contributed by atoms with van der Waals surface area (Å²) in [4.78, 5) is 15.4. The molecule has 0 amide bonds. The summed E-state index contributed by atoms with van der Waals surface area (Å²) in [5.41, 5.74) is 0. The van der Waals surface area contributed by atoms with Crippen molar-refractivity contribution in [1.29, 1.82) is 0 Å². The molecule has 7 nitrogen and oxygen atoms in total. The minimum atomic E-state index is -2.75. The predicted molar refractivity (Wildman–Crippen MR) is 105 cm³/mol. The summed E-state index contributed by atoms with van der Waals surface area (Å²) >= 11 is 0. The molecule has 0 radical (unpaired) electrons. The van der Waals surface area contributed by atoms with Gasteiger partial charge in [-0.25, -0.2) is 0 Å². The summed E-state index contributed by atoms with van der Waals surface area (Å²) in [5.74, 6) is 0. The molecule has 0 aromatic rings. The fourth-order valence-corrected chi connectivity index (χ4v) is 20.1. The van der Waals surface area contributed by atoms with Crippen LogP contribution in [-0.2, 0) is 21.9 Å². The lowest BCUT2D eigenvalue weighted by molar-refractivity contribution is 0.256. The van der Waals surface area contributed by atoms with Crippen LogP contribution in [0.1, 0.15) is 13.8 Å². The van der Waals surface area contributed by atoms with Gasteiger partial charge in [0, 0.05) is 14.2 Å². The van der Waals surface area contributed by atoms with Crippen LogP contribution in [0.5, 0.6) is 0 Å². The molecule has 0 aromatic carbocycles. The van der Waals surface area contributed by atoms with Crippen LogP contribution >= 0.6 is 0 Å². The van der Waals surface area contributed by atoms with Gasteiger partial charge in [-0.1, -0.05) is 26.9 Å². The van der Waals surface area contributed by atoms with Crippen molar-refractivity contribution >= 4 is 52.1 Å². The number of hydrogen-bond donors (Lipinski definition) is 2. The smallest absolute Gasteiger partial charge is 0.375 e. The maximum Gasteiger partial charge on any atom is 0.375 e. The molecule has 0 saturated carbocycles. The van der Waals surface area contributed by atoms with Crippen LogP contribution in [0.4, 0.5) is 0 Å². The van der Waals surface area contributed by atoms with Gasteiger partial charge >= 0.3 is 32.6 Å². The second-order valence-corrected chi connectivity index (χ2v) is 22.8. The zero-order valence-electron chi connectivity index (χ0n) is 15.8. The van der Waals surface area contributed by atoms with Crippen molar-refractivity contribution in [3.05, 3.63) is 0 Å². The van der Waals surface area contributed by atoms with E-state index in [1.54, 1.807) is 13.1 Å². The van der Waals surface area contributed by atoms with Gasteiger partial charge in [0.05, 0.1) is 0 Å². The van der Waals surface area contributed by atoms with E-state index in [0.29, 0.717) is 12.1 Å². The van der Waals surface area contributed by atoms with Gasteiger partial charge < -0.3 is 31.5 Å². The van der Waals surface area contributed by atoms with E-state index in [-0.39, 0.29) is 0 Å². The minimum absolute atomic E-state index is 0.583. The van der Waals surface area contributed by atoms with Gasteiger partial charge in [0.1, 0.15) is 0 Å². The molecule has 23 heavy (non-hydrogen) atoms. The molecule has 140 valence electrons. The third kappa shape index (κ3) is 10.3. The first-order chi connectivity index (χ1) is 10.7. The summed E-state index contributed by atoms with van der Waals surface area (Å²) in [7, 11) is -7.50. The maximum absolute atomic E-state index is 11.9. The van der Waals surface area contributed by atoms with Crippen molar-refractivity contribution in [1.82, 2.24) is 0 Å². The highest BCUT2D eigenvalue weighted by Gasteiger charge is 2.54. The predicted octanol–water partition coefficient (Wildman–Crippen LogP) is -0.298. The molecular formula is C10H34O7Si6. The molecule has 2 atom stereocenters. The van der Waals surface area contributed by atoms with E-state index < -0.39 is 52.1 Å².